The Balaban J connectivity index is 0.00000338. The summed E-state index contributed by atoms with van der Waals surface area (Å²) in [5.41, 5.74) is 8.49. The predicted molar refractivity (Wildman–Crippen MR) is 171 cm³/mol. The molecular weight excluding hydrogens is 597 g/mol. The van der Waals surface area contributed by atoms with Gasteiger partial charge in [-0.3, -0.25) is 14.4 Å². The molecule has 230 valence electrons. The van der Waals surface area contributed by atoms with E-state index in [0.29, 0.717) is 62.2 Å². The quantitative estimate of drug-likeness (QED) is 0.0775. The van der Waals surface area contributed by atoms with E-state index in [0.717, 1.165) is 40.8 Å². The molecule has 0 aromatic carbocycles. The Morgan fingerprint density at radius 1 is 1.07 bits per heavy atom. The van der Waals surface area contributed by atoms with E-state index in [9.17, 15) is 14.4 Å². The number of hydrogen-bond donors (Lipinski definition) is 0. The summed E-state index contributed by atoms with van der Waals surface area (Å²) in [4.78, 5) is 59.9. The van der Waals surface area contributed by atoms with Crippen molar-refractivity contribution in [3.63, 3.8) is 0 Å². The number of Topliss-reactive ketones (excluding diaryl/α,β-unsaturated/α-hetero) is 1. The Bertz CT molecular complexity index is 2070. The van der Waals surface area contributed by atoms with Gasteiger partial charge in [0.15, 0.2) is 5.78 Å². The number of carbonyl (C=O) groups is 3. The summed E-state index contributed by atoms with van der Waals surface area (Å²) in [6, 6.07) is 0. The van der Waals surface area contributed by atoms with Gasteiger partial charge in [-0.15, -0.1) is 33.5 Å². The molecule has 3 fully saturated rings. The van der Waals surface area contributed by atoms with E-state index >= 15 is 0 Å². The van der Waals surface area contributed by atoms with Crippen molar-refractivity contribution >= 4 is 71.0 Å². The maximum Gasteiger partial charge on any atom is 2.00 e. The molecule has 10 nitrogen and oxygen atoms in total. The SMILES string of the molecule is C=Cc1c2[n-]c(c1C)/C=C1\[N-]/C(=C3\c4[n-]c(c(C)c4C(=O)[C@@H]3C(=O)OC)/C=c3\[n-]/c(c(C=O)c3CC)=C\2)[C@@H](C[C@H]2[C@@H]3O[O+]23)[C@@H]1C.[Mg+2]. The monoisotopic (exact) mass is 627 g/mol. The number of carbonyl (C=O) groups excluding carboxylic acids is 3. The molecule has 8 bridgehead atoms. The number of ether oxygens (including phenoxy) is 1. The zero-order chi connectivity index (χ0) is 31.5. The summed E-state index contributed by atoms with van der Waals surface area (Å²) in [7, 11) is 1.29. The second-order valence-corrected chi connectivity index (χ2v) is 12.3. The third-order valence-corrected chi connectivity index (χ3v) is 10.0. The van der Waals surface area contributed by atoms with Crippen LogP contribution in [0.15, 0.2) is 18.0 Å². The molecule has 3 saturated heterocycles. The Hall–Kier alpha value is -3.90. The summed E-state index contributed by atoms with van der Waals surface area (Å²) < 4.78 is 7.95. The summed E-state index contributed by atoms with van der Waals surface area (Å²) >= 11 is 0. The van der Waals surface area contributed by atoms with Crippen LogP contribution in [0.2, 0.25) is 0 Å². The van der Waals surface area contributed by atoms with Gasteiger partial charge in [0.2, 0.25) is 0 Å². The Morgan fingerprint density at radius 2 is 1.78 bits per heavy atom. The fourth-order valence-corrected chi connectivity index (χ4v) is 7.36. The van der Waals surface area contributed by atoms with Gasteiger partial charge in [-0.05, 0) is 42.6 Å². The van der Waals surface area contributed by atoms with E-state index in [1.165, 1.54) is 7.11 Å². The van der Waals surface area contributed by atoms with Crippen LogP contribution in [-0.2, 0) is 25.4 Å². The summed E-state index contributed by atoms with van der Waals surface area (Å²) in [5, 5.41) is 6.29. The third-order valence-electron chi connectivity index (χ3n) is 10.0. The number of fused-ring (bicyclic) bond motifs is 8. The third kappa shape index (κ3) is 4.25. The summed E-state index contributed by atoms with van der Waals surface area (Å²) in [6.07, 6.45) is 9.76. The van der Waals surface area contributed by atoms with Crippen molar-refractivity contribution in [2.75, 3.05) is 7.11 Å². The molecular formula is C35H31MgN4O6-. The first-order valence-electron chi connectivity index (χ1n) is 15.2. The average molecular weight is 628 g/mol. The average Bonchev–Trinajstić information content (AvgIpc) is 3.74. The van der Waals surface area contributed by atoms with E-state index in [2.05, 4.69) is 18.0 Å². The van der Waals surface area contributed by atoms with Gasteiger partial charge in [-0.25, -0.2) is 0 Å². The van der Waals surface area contributed by atoms with Crippen LogP contribution in [0.1, 0.15) is 86.0 Å². The summed E-state index contributed by atoms with van der Waals surface area (Å²) in [5.74, 6) is -2.29. The Morgan fingerprint density at radius 3 is 2.41 bits per heavy atom. The van der Waals surface area contributed by atoms with Gasteiger partial charge in [0.1, 0.15) is 12.2 Å². The van der Waals surface area contributed by atoms with Crippen LogP contribution < -0.4 is 25.7 Å². The van der Waals surface area contributed by atoms with Crippen LogP contribution in [-0.4, -0.2) is 60.6 Å². The van der Waals surface area contributed by atoms with E-state index in [-0.39, 0.29) is 53.1 Å². The number of aldehydes is 1. The minimum absolute atomic E-state index is 0. The smallest absolute Gasteiger partial charge is 0.664 e. The Kier molecular flexibility index (Phi) is 7.24. The minimum atomic E-state index is -1.16. The van der Waals surface area contributed by atoms with Crippen molar-refractivity contribution in [2.24, 2.45) is 17.8 Å². The molecule has 0 saturated carbocycles. The second-order valence-electron chi connectivity index (χ2n) is 12.3. The number of rotatable bonds is 6. The number of allylic oxidation sites excluding steroid dienone is 2. The van der Waals surface area contributed by atoms with Crippen molar-refractivity contribution in [3.05, 3.63) is 90.1 Å². The molecule has 0 unspecified atom stereocenters. The normalized spacial score (nSPS) is 29.3. The van der Waals surface area contributed by atoms with E-state index in [1.54, 1.807) is 6.08 Å². The molecule has 7 heterocycles. The van der Waals surface area contributed by atoms with Crippen LogP contribution in [0.3, 0.4) is 0 Å². The van der Waals surface area contributed by atoms with Crippen LogP contribution in [0.4, 0.5) is 0 Å². The van der Waals surface area contributed by atoms with E-state index in [4.69, 9.17) is 29.9 Å². The molecule has 5 aliphatic rings. The first-order chi connectivity index (χ1) is 21.7. The Labute approximate surface area is 281 Å². The fraction of sp³-hybridized carbons (Fsp3) is 0.343. The molecule has 0 N–H and O–H groups in total. The van der Waals surface area contributed by atoms with Gasteiger partial charge in [0.25, 0.3) is 0 Å². The molecule has 5 atom stereocenters. The molecule has 3 aromatic heterocycles. The largest absolute Gasteiger partial charge is 2.00 e. The number of epoxide rings is 1. The maximum absolute atomic E-state index is 14.1. The molecule has 1 aliphatic carbocycles. The number of ketones is 1. The zero-order valence-electron chi connectivity index (χ0n) is 26.3. The predicted octanol–water partition coefficient (Wildman–Crippen LogP) is 2.76. The first kappa shape index (κ1) is 30.7. The number of aromatic nitrogens is 3. The van der Waals surface area contributed by atoms with Gasteiger partial charge in [-0.2, -0.15) is 15.9 Å². The molecule has 0 amide bonds. The second kappa shape index (κ2) is 10.8. The number of hydrogen-bond acceptors (Lipinski definition) is 5. The molecule has 3 aromatic rings. The van der Waals surface area contributed by atoms with Crippen LogP contribution in [0, 0.1) is 31.6 Å². The number of nitrogens with zero attached hydrogens (tertiary/aromatic N) is 4. The minimum Gasteiger partial charge on any atom is -0.664 e. The van der Waals surface area contributed by atoms with Gasteiger partial charge >= 0.3 is 41.4 Å². The molecule has 8 rings (SSSR count). The number of esters is 1. The molecule has 0 radical (unpaired) electrons. The van der Waals surface area contributed by atoms with Crippen LogP contribution >= 0.6 is 0 Å². The summed E-state index contributed by atoms with van der Waals surface area (Å²) in [6.45, 7) is 11.9. The van der Waals surface area contributed by atoms with Crippen molar-refractivity contribution in [1.29, 1.82) is 0 Å². The van der Waals surface area contributed by atoms with Gasteiger partial charge in [0, 0.05) is 17.5 Å². The standard InChI is InChI=1S/C35H32N4O6.Mg/c1-7-17-14(3)21-10-22-15(4)19(9-27-35-44-45(27)35)31(38-22)29-30(34(42)43-6)33(41)28-16(5)23(39-32(28)29)11-25-18(8-2)20(13-40)26(37-25)12-24(17)36-21;/h7,10-13,15,19,27,30,35H,1,8-9H2,2-6H3,(H-,38,39,40,41);/q-2;+2/p-1/b22-10-,26-12-;/t15-,19-,27-,30+,35+;/m0./s1. The van der Waals surface area contributed by atoms with Crippen molar-refractivity contribution in [2.45, 2.75) is 52.9 Å². The van der Waals surface area contributed by atoms with Crippen molar-refractivity contribution in [1.82, 2.24) is 15.0 Å². The molecule has 4 aliphatic heterocycles. The van der Waals surface area contributed by atoms with Crippen molar-refractivity contribution in [3.8, 4) is 0 Å². The van der Waals surface area contributed by atoms with Gasteiger partial charge in [0.05, 0.1) is 7.11 Å². The van der Waals surface area contributed by atoms with Gasteiger partial charge < -0.3 is 25.0 Å². The molecule has 11 heteroatoms. The maximum atomic E-state index is 14.1. The van der Waals surface area contributed by atoms with Crippen LogP contribution in [0.5, 0.6) is 0 Å². The van der Waals surface area contributed by atoms with Gasteiger partial charge in [-0.1, -0.05) is 67.0 Å². The van der Waals surface area contributed by atoms with E-state index < -0.39 is 11.9 Å². The molecule has 46 heavy (non-hydrogen) atoms. The fourth-order valence-electron chi connectivity index (χ4n) is 7.36. The topological polar surface area (TPSA) is 132 Å². The van der Waals surface area contributed by atoms with Crippen molar-refractivity contribution < 1.29 is 28.5 Å². The van der Waals surface area contributed by atoms with Crippen LogP contribution in [0.25, 0.3) is 35.2 Å². The molecule has 0 spiro atoms. The zero-order valence-corrected chi connectivity index (χ0v) is 27.8. The van der Waals surface area contributed by atoms with E-state index in [1.807, 2.05) is 39.0 Å². The first-order valence-corrected chi connectivity index (χ1v) is 15.2. The number of methoxy groups -OCH3 is 1.